The Morgan fingerprint density at radius 2 is 1.06 bits per heavy atom. The summed E-state index contributed by atoms with van der Waals surface area (Å²) in [5.74, 6) is -3.72. The number of benzene rings is 2. The van der Waals surface area contributed by atoms with Crippen LogP contribution in [0.4, 0.5) is 21.0 Å². The van der Waals surface area contributed by atoms with Gasteiger partial charge in [-0.05, 0) is 75.2 Å². The molecule has 4 aromatic rings. The zero-order valence-corrected chi connectivity index (χ0v) is 43.2. The van der Waals surface area contributed by atoms with Crippen molar-refractivity contribution in [2.75, 3.05) is 23.8 Å². The van der Waals surface area contributed by atoms with Gasteiger partial charge in [-0.15, -0.1) is 0 Å². The number of fused-ring (bicyclic) bond motifs is 2. The molecule has 370 valence electrons. The summed E-state index contributed by atoms with van der Waals surface area (Å²) >= 11 is 0. The van der Waals surface area contributed by atoms with E-state index in [1.807, 2.05) is 60.7 Å². The molecule has 4 fully saturated rings. The number of pyridine rings is 2. The van der Waals surface area contributed by atoms with Crippen LogP contribution in [0, 0.1) is 0 Å². The minimum atomic E-state index is -4.03. The molecule has 8 rings (SSSR count). The number of nitrogens with zero attached hydrogens (tertiary/aromatic N) is 4. The van der Waals surface area contributed by atoms with Crippen LogP contribution in [0.1, 0.15) is 56.3 Å². The van der Waals surface area contributed by atoms with Gasteiger partial charge < -0.3 is 33.9 Å². The van der Waals surface area contributed by atoms with E-state index in [2.05, 4.69) is 33.8 Å². The van der Waals surface area contributed by atoms with Crippen molar-refractivity contribution in [1.82, 2.24) is 19.8 Å². The molecular formula is C49H47N6NaO14S2. The molecule has 0 unspecified atom stereocenters. The molecule has 20 nitrogen and oxygen atoms in total. The second-order valence-electron chi connectivity index (χ2n) is 17.4. The number of β-lactam (4-membered cyclic amide) rings is 2. The minimum absolute atomic E-state index is 0. The van der Waals surface area contributed by atoms with Crippen molar-refractivity contribution < 1.29 is 94.5 Å². The van der Waals surface area contributed by atoms with Crippen molar-refractivity contribution in [3.63, 3.8) is 0 Å². The summed E-state index contributed by atoms with van der Waals surface area (Å²) in [6, 6.07) is 21.3. The van der Waals surface area contributed by atoms with Crippen molar-refractivity contribution >= 4 is 79.1 Å². The van der Waals surface area contributed by atoms with Gasteiger partial charge in [0.1, 0.15) is 18.0 Å². The quantitative estimate of drug-likeness (QED) is 0.0472. The number of carbonyl (C=O) groups excluding carboxylic acids is 6. The van der Waals surface area contributed by atoms with Crippen LogP contribution < -0.4 is 45.3 Å². The van der Waals surface area contributed by atoms with E-state index >= 15 is 0 Å². The maximum absolute atomic E-state index is 13.7. The number of hydrogen-bond acceptors (Lipinski definition) is 16. The number of aromatic nitrogens is 2. The Labute approximate surface area is 437 Å². The predicted octanol–water partition coefficient (Wildman–Crippen LogP) is 0.974. The third-order valence-electron chi connectivity index (χ3n) is 12.2. The van der Waals surface area contributed by atoms with E-state index in [0.717, 1.165) is 9.80 Å². The molecule has 2 N–H and O–H groups in total. The van der Waals surface area contributed by atoms with E-state index in [1.165, 1.54) is 88.7 Å². The fraction of sp³-hybridized carbons (Fsp3) is 0.265. The van der Waals surface area contributed by atoms with Crippen molar-refractivity contribution in [3.05, 3.63) is 156 Å². The number of carboxylic acid groups (broad SMARTS) is 1. The van der Waals surface area contributed by atoms with Crippen LogP contribution in [0.5, 0.6) is 0 Å². The number of esters is 1. The molecule has 4 aliphatic heterocycles. The number of aliphatic carboxylic acids is 1. The van der Waals surface area contributed by atoms with Gasteiger partial charge >= 0.3 is 47.7 Å². The van der Waals surface area contributed by atoms with Crippen LogP contribution in [0.15, 0.2) is 134 Å². The monoisotopic (exact) mass is 1030 g/mol. The van der Waals surface area contributed by atoms with E-state index in [9.17, 15) is 50.7 Å². The predicted molar refractivity (Wildman–Crippen MR) is 255 cm³/mol. The summed E-state index contributed by atoms with van der Waals surface area (Å²) in [6.45, 7) is 12.4. The van der Waals surface area contributed by atoms with Crippen LogP contribution in [0.3, 0.4) is 0 Å². The summed E-state index contributed by atoms with van der Waals surface area (Å²) < 4.78 is 65.3. The van der Waals surface area contributed by atoms with Crippen LogP contribution in [0.2, 0.25) is 0 Å². The van der Waals surface area contributed by atoms with Gasteiger partial charge in [0.25, 0.3) is 11.8 Å². The van der Waals surface area contributed by atoms with Gasteiger partial charge in [-0.1, -0.05) is 86.0 Å². The van der Waals surface area contributed by atoms with Crippen molar-refractivity contribution in [3.8, 4) is 0 Å². The normalized spacial score (nSPS) is 22.3. The average molecular weight is 1030 g/mol. The Hall–Kier alpha value is -6.98. The molecule has 0 bridgehead atoms. The van der Waals surface area contributed by atoms with E-state index in [4.69, 9.17) is 14.2 Å². The van der Waals surface area contributed by atoms with E-state index in [1.54, 1.807) is 0 Å². The molecule has 4 atom stereocenters. The molecule has 2 aromatic heterocycles. The third kappa shape index (κ3) is 10.1. The Bertz CT molecular complexity index is 3060. The summed E-state index contributed by atoms with van der Waals surface area (Å²) in [6.07, 6.45) is 5.98. The molecule has 6 heterocycles. The summed E-state index contributed by atoms with van der Waals surface area (Å²) in [5, 5.41) is 13.7. The molecular weight excluding hydrogens is 984 g/mol. The molecule has 0 aliphatic carbocycles. The number of nitrogens with one attached hydrogen (secondary N) is 2. The van der Waals surface area contributed by atoms with Gasteiger partial charge in [0.2, 0.25) is 0 Å². The van der Waals surface area contributed by atoms with Crippen LogP contribution in [-0.4, -0.2) is 118 Å². The van der Waals surface area contributed by atoms with Gasteiger partial charge in [0.05, 0.1) is 63.1 Å². The number of rotatable bonds is 13. The molecule has 2 aromatic carbocycles. The fourth-order valence-electron chi connectivity index (χ4n) is 8.44. The number of anilines is 2. The van der Waals surface area contributed by atoms with Gasteiger partial charge in [-0.2, -0.15) is 0 Å². The molecule has 0 saturated carbocycles. The Kier molecular flexibility index (Phi) is 16.1. The third-order valence-corrected chi connectivity index (χ3v) is 17.7. The molecule has 23 heteroatoms. The Morgan fingerprint density at radius 3 is 1.42 bits per heavy atom. The van der Waals surface area contributed by atoms with Crippen LogP contribution in [0.25, 0.3) is 12.2 Å². The van der Waals surface area contributed by atoms with E-state index < -0.39 is 94.0 Å². The summed E-state index contributed by atoms with van der Waals surface area (Å²) in [7, 11) is -8.02. The van der Waals surface area contributed by atoms with Crippen LogP contribution in [-0.2, 0) is 53.1 Å². The summed E-state index contributed by atoms with van der Waals surface area (Å²) in [5.41, 5.74) is 2.59. The van der Waals surface area contributed by atoms with Crippen molar-refractivity contribution in [2.45, 2.75) is 66.1 Å². The second kappa shape index (κ2) is 21.4. The van der Waals surface area contributed by atoms with E-state index in [0.29, 0.717) is 28.2 Å². The largest absolute Gasteiger partial charge is 1.00 e. The first-order valence-corrected chi connectivity index (χ1v) is 24.8. The van der Waals surface area contributed by atoms with Crippen molar-refractivity contribution in [2.24, 2.45) is 0 Å². The molecule has 0 spiro atoms. The molecule has 4 aliphatic rings. The average Bonchev–Trinajstić information content (AvgIpc) is 3.59. The van der Waals surface area contributed by atoms with Gasteiger partial charge in [0.15, 0.2) is 42.6 Å². The topological polar surface area (TPSA) is 278 Å². The van der Waals surface area contributed by atoms with E-state index in [-0.39, 0.29) is 59.6 Å². The number of carboxylic acids is 1. The zero-order valence-electron chi connectivity index (χ0n) is 39.6. The van der Waals surface area contributed by atoms with Crippen molar-refractivity contribution in [1.29, 1.82) is 0 Å². The Morgan fingerprint density at radius 1 is 0.667 bits per heavy atom. The molecule has 4 saturated heterocycles. The van der Waals surface area contributed by atoms with Gasteiger partial charge in [0, 0.05) is 0 Å². The first-order chi connectivity index (χ1) is 33.6. The summed E-state index contributed by atoms with van der Waals surface area (Å²) in [4.78, 5) is 84.4. The smallest absolute Gasteiger partial charge is 0.548 e. The molecule has 0 radical (unpaired) electrons. The maximum atomic E-state index is 13.7. The van der Waals surface area contributed by atoms with Crippen LogP contribution >= 0.6 is 0 Å². The first kappa shape index (κ1) is 54.4. The SMILES string of the molecule is C=CCOC(=O)Nc1ccc(/C=C2/C(=O)N3[C@@H](C(=O)OC(c4ccccc4)c4ccccc4)C(C)(C)S(=O)(=O)[C@H]23)nc1.C=CCOC(=O)Nc1ccc(/C=C2/C(=O)N3[C@@H](C(=O)[O-])C(C)(C)S(=O)(=O)[C@H]23)nc1.[Na+]. The Balaban J connectivity index is 0.000000248. The zero-order chi connectivity index (χ0) is 51.6. The fourth-order valence-corrected chi connectivity index (χ4v) is 12.7. The second-order valence-corrected chi connectivity index (χ2v) is 22.5. The maximum Gasteiger partial charge on any atom is 1.00 e. The number of ether oxygens (including phenoxy) is 3. The first-order valence-electron chi connectivity index (χ1n) is 21.7. The number of carbonyl (C=O) groups is 6. The molecule has 72 heavy (non-hydrogen) atoms. The molecule has 4 amide bonds. The minimum Gasteiger partial charge on any atom is -0.548 e. The van der Waals surface area contributed by atoms with Gasteiger partial charge in [-0.25, -0.2) is 31.2 Å². The number of hydrogen-bond donors (Lipinski definition) is 2. The number of sulfone groups is 2. The standard InChI is InChI=1S/C31H29N3O7S.C18H19N3O7S.Na/c1-4-17-40-30(37)33-23-16-15-22(32-19-23)18-24-27(35)34-26(31(2,3)42(38,39)28(24)34)29(36)41-25(20-11-7-5-8-12-20)21-13-9-6-10-14-21;1-4-7-28-17(25)20-11-6-5-10(19-9-11)8-12-14(22)21-13(16(23)24)18(2,3)29(26,27)15(12)21;/h4-16,18-19,25-26,28H,1,17H2,2-3H3,(H,33,37);4-6,8-9,13,15H,1,7H2,2-3H3,(H,20,25)(H,23,24);/q;;+1/p-1/b24-18-;12-8-;/t26-,28+;13-,15+;/m00./s1. The number of amides is 4. The van der Waals surface area contributed by atoms with Gasteiger partial charge in [-0.3, -0.25) is 30.2 Å².